The Hall–Kier alpha value is -0.0800. The van der Waals surface area contributed by atoms with Gasteiger partial charge in [-0.1, -0.05) is 13.8 Å². The Kier molecular flexibility index (Phi) is 1.45. The predicted molar refractivity (Wildman–Crippen MR) is 46.6 cm³/mol. The van der Waals surface area contributed by atoms with Gasteiger partial charge in [0.05, 0.1) is 11.7 Å². The lowest BCUT2D eigenvalue weighted by atomic mass is 9.84. The van der Waals surface area contributed by atoms with E-state index >= 15 is 0 Å². The monoisotopic (exact) mass is 170 g/mol. The molecule has 4 atom stereocenters. The van der Waals surface area contributed by atoms with Crippen LogP contribution in [0.25, 0.3) is 0 Å². The van der Waals surface area contributed by atoms with Crippen LogP contribution in [-0.4, -0.2) is 21.9 Å². The summed E-state index contributed by atoms with van der Waals surface area (Å²) in [7, 11) is 0. The first kappa shape index (κ1) is 8.52. The molecule has 0 aromatic heterocycles. The minimum absolute atomic E-state index is 0.363. The van der Waals surface area contributed by atoms with Crippen LogP contribution in [0.2, 0.25) is 0 Å². The Balaban J connectivity index is 2.14. The molecular weight excluding hydrogens is 152 g/mol. The Bertz CT molecular complexity index is 208. The molecule has 0 bridgehead atoms. The average Bonchev–Trinajstić information content (AvgIpc) is 2.37. The van der Waals surface area contributed by atoms with E-state index in [-0.39, 0.29) is 0 Å². The van der Waals surface area contributed by atoms with Crippen LogP contribution in [0.4, 0.5) is 0 Å². The zero-order chi connectivity index (χ0) is 9.15. The molecule has 2 nitrogen and oxygen atoms in total. The zero-order valence-electron chi connectivity index (χ0n) is 8.04. The molecule has 2 N–H and O–H groups in total. The van der Waals surface area contributed by atoms with Crippen molar-refractivity contribution in [2.24, 2.45) is 17.3 Å². The first-order valence-electron chi connectivity index (χ1n) is 4.76. The van der Waals surface area contributed by atoms with E-state index in [9.17, 15) is 10.2 Å². The van der Waals surface area contributed by atoms with Crippen molar-refractivity contribution in [1.82, 2.24) is 0 Å². The third-order valence-corrected chi connectivity index (χ3v) is 4.12. The van der Waals surface area contributed by atoms with E-state index in [4.69, 9.17) is 0 Å². The van der Waals surface area contributed by atoms with E-state index in [1.54, 1.807) is 6.92 Å². The molecule has 0 amide bonds. The van der Waals surface area contributed by atoms with Crippen molar-refractivity contribution in [3.63, 3.8) is 0 Å². The second-order valence-corrected chi connectivity index (χ2v) is 5.35. The molecule has 0 unspecified atom stereocenters. The number of rotatable bonds is 0. The normalized spacial score (nSPS) is 56.2. The van der Waals surface area contributed by atoms with Gasteiger partial charge in [0.1, 0.15) is 0 Å². The van der Waals surface area contributed by atoms with E-state index < -0.39 is 11.7 Å². The average molecular weight is 170 g/mol. The molecule has 2 heteroatoms. The van der Waals surface area contributed by atoms with Crippen LogP contribution in [0.15, 0.2) is 0 Å². The zero-order valence-corrected chi connectivity index (χ0v) is 8.04. The van der Waals surface area contributed by atoms with E-state index in [2.05, 4.69) is 13.8 Å². The highest BCUT2D eigenvalue weighted by molar-refractivity contribution is 5.12. The fourth-order valence-corrected chi connectivity index (χ4v) is 2.81. The first-order valence-corrected chi connectivity index (χ1v) is 4.76. The first-order chi connectivity index (χ1) is 5.36. The van der Waals surface area contributed by atoms with Crippen LogP contribution in [0, 0.1) is 17.3 Å². The lowest BCUT2D eigenvalue weighted by Gasteiger charge is -2.32. The Morgan fingerprint density at radius 1 is 1.17 bits per heavy atom. The lowest BCUT2D eigenvalue weighted by Crippen LogP contribution is -2.42. The number of fused-ring (bicyclic) bond motifs is 1. The lowest BCUT2D eigenvalue weighted by molar-refractivity contribution is -0.0892. The van der Waals surface area contributed by atoms with Gasteiger partial charge in [0, 0.05) is 0 Å². The number of aliphatic hydroxyl groups excluding tert-OH is 1. The highest BCUT2D eigenvalue weighted by atomic mass is 16.3. The smallest absolute Gasteiger partial charge is 0.0880 e. The van der Waals surface area contributed by atoms with Gasteiger partial charge in [-0.2, -0.15) is 0 Å². The molecule has 0 aromatic rings. The fourth-order valence-electron chi connectivity index (χ4n) is 2.81. The molecule has 0 aromatic carbocycles. The van der Waals surface area contributed by atoms with Crippen molar-refractivity contribution in [3.05, 3.63) is 0 Å². The molecule has 70 valence electrons. The predicted octanol–water partition coefficient (Wildman–Crippen LogP) is 1.16. The third kappa shape index (κ3) is 0.944. The van der Waals surface area contributed by atoms with Crippen molar-refractivity contribution < 1.29 is 10.2 Å². The summed E-state index contributed by atoms with van der Waals surface area (Å²) in [6.07, 6.45) is 1.04. The molecule has 2 fully saturated rings. The van der Waals surface area contributed by atoms with Crippen molar-refractivity contribution in [2.75, 3.05) is 0 Å². The summed E-state index contributed by atoms with van der Waals surface area (Å²) in [5, 5.41) is 19.4. The van der Waals surface area contributed by atoms with Gasteiger partial charge in [0.2, 0.25) is 0 Å². The van der Waals surface area contributed by atoms with Crippen LogP contribution in [0.3, 0.4) is 0 Å². The fraction of sp³-hybridized carbons (Fsp3) is 1.00. The van der Waals surface area contributed by atoms with Crippen LogP contribution < -0.4 is 0 Å². The SMILES string of the molecule is CC1(C)[C@@H]2C[C@@](C)(O)[C@@H](O)C[C@@H]21. The van der Waals surface area contributed by atoms with Gasteiger partial charge in [-0.3, -0.25) is 0 Å². The van der Waals surface area contributed by atoms with Crippen LogP contribution >= 0.6 is 0 Å². The second-order valence-electron chi connectivity index (χ2n) is 5.35. The highest BCUT2D eigenvalue weighted by Crippen LogP contribution is 2.66. The van der Waals surface area contributed by atoms with Crippen molar-refractivity contribution in [2.45, 2.75) is 45.3 Å². The van der Waals surface area contributed by atoms with Gasteiger partial charge in [-0.25, -0.2) is 0 Å². The molecule has 2 aliphatic carbocycles. The Morgan fingerprint density at radius 2 is 1.75 bits per heavy atom. The van der Waals surface area contributed by atoms with Crippen molar-refractivity contribution in [3.8, 4) is 0 Å². The molecule has 12 heavy (non-hydrogen) atoms. The topological polar surface area (TPSA) is 40.5 Å². The molecule has 0 aliphatic heterocycles. The van der Waals surface area contributed by atoms with Crippen LogP contribution in [0.5, 0.6) is 0 Å². The molecule has 0 spiro atoms. The minimum atomic E-state index is -0.838. The largest absolute Gasteiger partial charge is 0.390 e. The summed E-state index contributed by atoms with van der Waals surface area (Å²) in [6.45, 7) is 6.22. The summed E-state index contributed by atoms with van der Waals surface area (Å²) < 4.78 is 0. The molecule has 0 saturated heterocycles. The van der Waals surface area contributed by atoms with E-state index in [1.165, 1.54) is 0 Å². The maximum Gasteiger partial charge on any atom is 0.0880 e. The van der Waals surface area contributed by atoms with Gasteiger partial charge in [0.15, 0.2) is 0 Å². The van der Waals surface area contributed by atoms with Crippen LogP contribution in [0.1, 0.15) is 33.6 Å². The van der Waals surface area contributed by atoms with E-state index in [0.29, 0.717) is 17.3 Å². The Labute approximate surface area is 73.6 Å². The molecule has 2 aliphatic rings. The van der Waals surface area contributed by atoms with Gasteiger partial charge >= 0.3 is 0 Å². The highest BCUT2D eigenvalue weighted by Gasteiger charge is 2.63. The van der Waals surface area contributed by atoms with Gasteiger partial charge in [-0.15, -0.1) is 0 Å². The van der Waals surface area contributed by atoms with Crippen molar-refractivity contribution in [1.29, 1.82) is 0 Å². The van der Waals surface area contributed by atoms with E-state index in [1.807, 2.05) is 0 Å². The standard InChI is InChI=1S/C10H18O2/c1-9(2)6-4-8(11)10(3,12)5-7(6)9/h6-8,11-12H,4-5H2,1-3H3/t6-,7+,8-,10+/m0/s1. The van der Waals surface area contributed by atoms with E-state index in [0.717, 1.165) is 12.8 Å². The molecule has 0 radical (unpaired) electrons. The molecule has 2 rings (SSSR count). The van der Waals surface area contributed by atoms with Crippen molar-refractivity contribution >= 4 is 0 Å². The maximum absolute atomic E-state index is 9.82. The minimum Gasteiger partial charge on any atom is -0.390 e. The number of hydrogen-bond donors (Lipinski definition) is 2. The number of aliphatic hydroxyl groups is 2. The Morgan fingerprint density at radius 3 is 2.25 bits per heavy atom. The van der Waals surface area contributed by atoms with Gasteiger partial charge in [-0.05, 0) is 37.0 Å². The second kappa shape index (κ2) is 2.05. The third-order valence-electron chi connectivity index (χ3n) is 4.12. The summed E-state index contributed by atoms with van der Waals surface area (Å²) in [4.78, 5) is 0. The quantitative estimate of drug-likeness (QED) is 0.573. The molecular formula is C10H18O2. The number of hydrogen-bond acceptors (Lipinski definition) is 2. The summed E-state index contributed by atoms with van der Waals surface area (Å²) in [6, 6.07) is 0. The van der Waals surface area contributed by atoms with Crippen LogP contribution in [-0.2, 0) is 0 Å². The maximum atomic E-state index is 9.82. The van der Waals surface area contributed by atoms with Gasteiger partial charge < -0.3 is 10.2 Å². The summed E-state index contributed by atoms with van der Waals surface area (Å²) >= 11 is 0. The summed E-state index contributed by atoms with van der Waals surface area (Å²) in [5.41, 5.74) is -0.476. The van der Waals surface area contributed by atoms with Gasteiger partial charge in [0.25, 0.3) is 0 Å². The molecule has 2 saturated carbocycles. The summed E-state index contributed by atoms with van der Waals surface area (Å²) in [5.74, 6) is 1.28. The molecule has 0 heterocycles.